The van der Waals surface area contributed by atoms with Crippen molar-refractivity contribution in [1.82, 2.24) is 24.9 Å². The highest BCUT2D eigenvalue weighted by Crippen LogP contribution is 2.24. The smallest absolute Gasteiger partial charge is 0.321 e. The molecule has 12 heteroatoms. The van der Waals surface area contributed by atoms with E-state index in [4.69, 9.17) is 27.9 Å². The maximum absolute atomic E-state index is 12.1. The summed E-state index contributed by atoms with van der Waals surface area (Å²) >= 11 is 11.6. The van der Waals surface area contributed by atoms with Gasteiger partial charge in [-0.2, -0.15) is 4.72 Å². The van der Waals surface area contributed by atoms with Crippen molar-refractivity contribution in [3.8, 4) is 0 Å². The molecule has 0 saturated carbocycles. The zero-order valence-electron chi connectivity index (χ0n) is 13.9. The number of halogens is 2. The van der Waals surface area contributed by atoms with Crippen LogP contribution >= 0.6 is 23.2 Å². The number of ether oxygens (including phenoxy) is 1. The second-order valence-corrected chi connectivity index (χ2v) is 7.81. The minimum absolute atomic E-state index is 0.0935. The molecular formula is C14H17Cl2N5O4S. The lowest BCUT2D eigenvalue weighted by Crippen LogP contribution is -2.30. The molecule has 2 aromatic rings. The highest BCUT2D eigenvalue weighted by molar-refractivity contribution is 7.89. The molecule has 0 unspecified atom stereocenters. The Bertz CT molecular complexity index is 872. The van der Waals surface area contributed by atoms with Crippen LogP contribution in [-0.2, 0) is 32.7 Å². The molecule has 1 aromatic heterocycles. The van der Waals surface area contributed by atoms with Crippen molar-refractivity contribution in [2.24, 2.45) is 0 Å². The molecule has 0 aliphatic heterocycles. The summed E-state index contributed by atoms with van der Waals surface area (Å²) in [4.78, 5) is 11.7. The summed E-state index contributed by atoms with van der Waals surface area (Å²) in [5, 5.41) is 11.4. The first-order valence-corrected chi connectivity index (χ1v) is 9.92. The Kier molecular flexibility index (Phi) is 7.33. The zero-order chi connectivity index (χ0) is 19.2. The Morgan fingerprint density at radius 1 is 1.31 bits per heavy atom. The summed E-state index contributed by atoms with van der Waals surface area (Å²) in [6, 6.07) is 3.83. The van der Waals surface area contributed by atoms with Crippen molar-refractivity contribution in [2.45, 2.75) is 37.8 Å². The lowest BCUT2D eigenvalue weighted by molar-refractivity contribution is -0.143. The van der Waals surface area contributed by atoms with E-state index in [0.717, 1.165) is 12.8 Å². The molecule has 0 bridgehead atoms. The number of carbonyl (C=O) groups excluding carboxylic acids is 1. The second kappa shape index (κ2) is 9.26. The van der Waals surface area contributed by atoms with Gasteiger partial charge in [-0.05, 0) is 35.0 Å². The van der Waals surface area contributed by atoms with Crippen LogP contribution in [0.15, 0.2) is 23.1 Å². The molecule has 142 valence electrons. The Morgan fingerprint density at radius 3 is 2.77 bits per heavy atom. The number of hydrogen-bond acceptors (Lipinski definition) is 7. The quantitative estimate of drug-likeness (QED) is 0.613. The van der Waals surface area contributed by atoms with Crippen LogP contribution in [0.4, 0.5) is 0 Å². The molecule has 0 aliphatic rings. The molecule has 0 aliphatic carbocycles. The van der Waals surface area contributed by atoms with Gasteiger partial charge in [0, 0.05) is 6.54 Å². The van der Waals surface area contributed by atoms with Crippen LogP contribution in [0.25, 0.3) is 0 Å². The first kappa shape index (κ1) is 20.6. The molecule has 0 fully saturated rings. The van der Waals surface area contributed by atoms with Gasteiger partial charge in [0.05, 0.1) is 14.9 Å². The Hall–Kier alpha value is -1.75. The largest absolute Gasteiger partial charge is 0.456 e. The fourth-order valence-electron chi connectivity index (χ4n) is 1.89. The van der Waals surface area contributed by atoms with Crippen LogP contribution in [0.2, 0.25) is 10.0 Å². The number of sulfonamides is 1. The highest BCUT2D eigenvalue weighted by atomic mass is 35.5. The fraction of sp³-hybridized carbons (Fsp3) is 0.429. The van der Waals surface area contributed by atoms with Crippen LogP contribution in [0, 0.1) is 0 Å². The molecule has 2 rings (SSSR count). The molecule has 0 spiro atoms. The number of tetrazole rings is 1. The van der Waals surface area contributed by atoms with Gasteiger partial charge in [0.2, 0.25) is 10.0 Å². The fourth-order valence-corrected chi connectivity index (χ4v) is 3.24. The zero-order valence-corrected chi connectivity index (χ0v) is 16.2. The number of benzene rings is 1. The van der Waals surface area contributed by atoms with Crippen molar-refractivity contribution in [3.05, 3.63) is 34.1 Å². The second-order valence-electron chi connectivity index (χ2n) is 5.23. The number of unbranched alkanes of at least 4 members (excludes halogenated alkanes) is 1. The summed E-state index contributed by atoms with van der Waals surface area (Å²) in [7, 11) is -3.93. The topological polar surface area (TPSA) is 116 Å². The van der Waals surface area contributed by atoms with E-state index in [9.17, 15) is 13.2 Å². The van der Waals surface area contributed by atoms with E-state index in [1.165, 1.54) is 22.9 Å². The number of carbonyl (C=O) groups is 1. The third kappa shape index (κ3) is 5.63. The van der Waals surface area contributed by atoms with E-state index in [1.54, 1.807) is 0 Å². The first-order valence-electron chi connectivity index (χ1n) is 7.69. The number of nitrogens with zero attached hydrogens (tertiary/aromatic N) is 4. The number of rotatable bonds is 9. The van der Waals surface area contributed by atoms with Gasteiger partial charge in [0.1, 0.15) is 6.54 Å². The standard InChI is InChI=1S/C14H17Cl2N5O4S/c1-2-3-6-21-13(18-19-20-21)9-25-14(22)8-17-26(23,24)10-4-5-11(15)12(16)7-10/h4-5,7,17H,2-3,6,8-9H2,1H3. The van der Waals surface area contributed by atoms with Gasteiger partial charge in [0.25, 0.3) is 0 Å². The van der Waals surface area contributed by atoms with E-state index in [2.05, 4.69) is 20.2 Å². The number of nitrogens with one attached hydrogen (secondary N) is 1. The van der Waals surface area contributed by atoms with Gasteiger partial charge in [-0.25, -0.2) is 13.1 Å². The summed E-state index contributed by atoms with van der Waals surface area (Å²) in [5.74, 6) is -0.377. The molecule has 0 saturated heterocycles. The minimum atomic E-state index is -3.93. The van der Waals surface area contributed by atoms with Gasteiger partial charge in [-0.15, -0.1) is 5.10 Å². The predicted molar refractivity (Wildman–Crippen MR) is 94.2 cm³/mol. The van der Waals surface area contributed by atoms with Crippen molar-refractivity contribution in [3.63, 3.8) is 0 Å². The number of hydrogen-bond donors (Lipinski definition) is 1. The van der Waals surface area contributed by atoms with E-state index < -0.39 is 22.5 Å². The average Bonchev–Trinajstić information content (AvgIpc) is 3.06. The Morgan fingerprint density at radius 2 is 2.08 bits per heavy atom. The Labute approximate surface area is 160 Å². The third-order valence-electron chi connectivity index (χ3n) is 3.30. The molecule has 1 aromatic carbocycles. The van der Waals surface area contributed by atoms with Crippen LogP contribution in [0.3, 0.4) is 0 Å². The average molecular weight is 422 g/mol. The van der Waals surface area contributed by atoms with Gasteiger partial charge in [-0.1, -0.05) is 36.5 Å². The molecule has 9 nitrogen and oxygen atoms in total. The SMILES string of the molecule is CCCCn1nnnc1COC(=O)CNS(=O)(=O)c1ccc(Cl)c(Cl)c1. The van der Waals surface area contributed by atoms with Crippen LogP contribution in [0.5, 0.6) is 0 Å². The maximum Gasteiger partial charge on any atom is 0.321 e. The van der Waals surface area contributed by atoms with Crippen molar-refractivity contribution >= 4 is 39.2 Å². The van der Waals surface area contributed by atoms with Gasteiger partial charge < -0.3 is 4.74 Å². The predicted octanol–water partition coefficient (Wildman–Crippen LogP) is 1.80. The highest BCUT2D eigenvalue weighted by Gasteiger charge is 2.18. The van der Waals surface area contributed by atoms with Crippen molar-refractivity contribution in [2.75, 3.05) is 6.54 Å². The molecule has 0 radical (unpaired) electrons. The maximum atomic E-state index is 12.1. The van der Waals surface area contributed by atoms with Crippen LogP contribution < -0.4 is 4.72 Å². The Balaban J connectivity index is 1.88. The number of esters is 1. The number of aromatic nitrogens is 4. The minimum Gasteiger partial charge on any atom is -0.456 e. The summed E-state index contributed by atoms with van der Waals surface area (Å²) in [6.07, 6.45) is 1.85. The summed E-state index contributed by atoms with van der Waals surface area (Å²) in [6.45, 7) is 1.95. The monoisotopic (exact) mass is 421 g/mol. The molecule has 0 amide bonds. The number of aryl methyl sites for hydroxylation is 1. The van der Waals surface area contributed by atoms with Gasteiger partial charge in [0.15, 0.2) is 12.4 Å². The van der Waals surface area contributed by atoms with E-state index >= 15 is 0 Å². The summed E-state index contributed by atoms with van der Waals surface area (Å²) < 4.78 is 33.0. The third-order valence-corrected chi connectivity index (χ3v) is 5.44. The molecule has 0 atom stereocenters. The normalized spacial score (nSPS) is 11.5. The molecule has 1 N–H and O–H groups in total. The van der Waals surface area contributed by atoms with Crippen molar-refractivity contribution < 1.29 is 17.9 Å². The lowest BCUT2D eigenvalue weighted by Gasteiger charge is -2.08. The first-order chi connectivity index (χ1) is 12.3. The van der Waals surface area contributed by atoms with Crippen molar-refractivity contribution in [1.29, 1.82) is 0 Å². The van der Waals surface area contributed by atoms with Gasteiger partial charge in [-0.3, -0.25) is 4.79 Å². The van der Waals surface area contributed by atoms with E-state index in [1.807, 2.05) is 6.92 Å². The molecular weight excluding hydrogens is 405 g/mol. The van der Waals surface area contributed by atoms with Crippen LogP contribution in [0.1, 0.15) is 25.6 Å². The van der Waals surface area contributed by atoms with E-state index in [-0.39, 0.29) is 21.5 Å². The van der Waals surface area contributed by atoms with Gasteiger partial charge >= 0.3 is 5.97 Å². The lowest BCUT2D eigenvalue weighted by atomic mass is 10.3. The summed E-state index contributed by atoms with van der Waals surface area (Å²) in [5.41, 5.74) is 0. The van der Waals surface area contributed by atoms with E-state index in [0.29, 0.717) is 12.4 Å². The molecule has 26 heavy (non-hydrogen) atoms. The van der Waals surface area contributed by atoms with Crippen LogP contribution in [-0.4, -0.2) is 41.1 Å². The molecule has 1 heterocycles.